The number of amides is 1. The lowest BCUT2D eigenvalue weighted by atomic mass is 10.1. The first-order valence-corrected chi connectivity index (χ1v) is 10.9. The average molecular weight is 400 g/mol. The van der Waals surface area contributed by atoms with Crippen LogP contribution in [0.3, 0.4) is 0 Å². The van der Waals surface area contributed by atoms with Crippen molar-refractivity contribution in [2.45, 2.75) is 25.6 Å². The SMILES string of the molecule is O=C(Cn1c(=O)oc2ccccc21)N(Cc1ccccc1)[C@H]1CCS(=O)(=O)C1. The minimum atomic E-state index is -3.15. The topological polar surface area (TPSA) is 89.6 Å². The monoisotopic (exact) mass is 400 g/mol. The Labute approximate surface area is 162 Å². The summed E-state index contributed by atoms with van der Waals surface area (Å²) in [5.74, 6) is -0.884. The summed E-state index contributed by atoms with van der Waals surface area (Å²) in [6.45, 7) is 0.101. The summed E-state index contributed by atoms with van der Waals surface area (Å²) in [6, 6.07) is 15.9. The van der Waals surface area contributed by atoms with Gasteiger partial charge in [-0.1, -0.05) is 42.5 Å². The molecule has 1 fully saturated rings. The van der Waals surface area contributed by atoms with Gasteiger partial charge in [0.2, 0.25) is 5.91 Å². The number of rotatable bonds is 5. The fourth-order valence-electron chi connectivity index (χ4n) is 3.61. The van der Waals surface area contributed by atoms with Gasteiger partial charge >= 0.3 is 5.76 Å². The van der Waals surface area contributed by atoms with Crippen molar-refractivity contribution in [2.24, 2.45) is 0 Å². The number of carbonyl (C=O) groups excluding carboxylic acids is 1. The summed E-state index contributed by atoms with van der Waals surface area (Å²) in [7, 11) is -3.15. The number of aromatic nitrogens is 1. The molecule has 7 nitrogen and oxygen atoms in total. The number of para-hydroxylation sites is 2. The standard InChI is InChI=1S/C20H20N2O5S/c23-19(13-22-17-8-4-5-9-18(17)27-20(22)24)21(12-15-6-2-1-3-7-15)16-10-11-28(25,26)14-16/h1-9,16H,10-14H2/t16-/m0/s1. The van der Waals surface area contributed by atoms with E-state index < -0.39 is 21.6 Å². The van der Waals surface area contributed by atoms with E-state index in [1.807, 2.05) is 30.3 Å². The number of hydrogen-bond acceptors (Lipinski definition) is 5. The van der Waals surface area contributed by atoms with Crippen LogP contribution in [-0.2, 0) is 27.7 Å². The first-order chi connectivity index (χ1) is 13.4. The van der Waals surface area contributed by atoms with Gasteiger partial charge in [0.05, 0.1) is 17.0 Å². The fraction of sp³-hybridized carbons (Fsp3) is 0.300. The highest BCUT2D eigenvalue weighted by atomic mass is 32.2. The second-order valence-corrected chi connectivity index (χ2v) is 9.21. The molecule has 0 N–H and O–H groups in total. The number of nitrogens with zero attached hydrogens (tertiary/aromatic N) is 2. The maximum Gasteiger partial charge on any atom is 0.420 e. The van der Waals surface area contributed by atoms with E-state index in [9.17, 15) is 18.0 Å². The van der Waals surface area contributed by atoms with Gasteiger partial charge in [-0.25, -0.2) is 13.2 Å². The summed E-state index contributed by atoms with van der Waals surface area (Å²) in [4.78, 5) is 26.9. The Morgan fingerprint density at radius 1 is 1.11 bits per heavy atom. The Bertz CT molecular complexity index is 1160. The molecule has 1 saturated heterocycles. The Morgan fingerprint density at radius 3 is 2.54 bits per heavy atom. The zero-order chi connectivity index (χ0) is 19.7. The van der Waals surface area contributed by atoms with Gasteiger partial charge < -0.3 is 9.32 Å². The van der Waals surface area contributed by atoms with Crippen LogP contribution in [0.5, 0.6) is 0 Å². The molecular weight excluding hydrogens is 380 g/mol. The molecule has 0 radical (unpaired) electrons. The molecule has 8 heteroatoms. The van der Waals surface area contributed by atoms with Crippen molar-refractivity contribution >= 4 is 26.8 Å². The van der Waals surface area contributed by atoms with Gasteiger partial charge in [0, 0.05) is 12.6 Å². The molecule has 0 spiro atoms. The van der Waals surface area contributed by atoms with Crippen LogP contribution in [0.25, 0.3) is 11.1 Å². The molecule has 1 aliphatic rings. The average Bonchev–Trinajstić information content (AvgIpc) is 3.19. The van der Waals surface area contributed by atoms with Crippen LogP contribution in [0.2, 0.25) is 0 Å². The van der Waals surface area contributed by atoms with E-state index in [4.69, 9.17) is 4.42 Å². The van der Waals surface area contributed by atoms with Crippen molar-refractivity contribution in [1.82, 2.24) is 9.47 Å². The smallest absolute Gasteiger partial charge is 0.408 e. The van der Waals surface area contributed by atoms with E-state index in [2.05, 4.69) is 0 Å². The molecule has 0 aliphatic carbocycles. The van der Waals surface area contributed by atoms with Gasteiger partial charge in [0.1, 0.15) is 6.54 Å². The summed E-state index contributed by atoms with van der Waals surface area (Å²) < 4.78 is 30.4. The van der Waals surface area contributed by atoms with Crippen molar-refractivity contribution in [2.75, 3.05) is 11.5 Å². The van der Waals surface area contributed by atoms with Crippen LogP contribution in [-0.4, -0.2) is 41.3 Å². The van der Waals surface area contributed by atoms with Crippen LogP contribution in [0, 0.1) is 0 Å². The van der Waals surface area contributed by atoms with Crippen LogP contribution in [0.4, 0.5) is 0 Å². The van der Waals surface area contributed by atoms with Gasteiger partial charge in [0.25, 0.3) is 0 Å². The highest BCUT2D eigenvalue weighted by Gasteiger charge is 2.35. The number of carbonyl (C=O) groups is 1. The maximum absolute atomic E-state index is 13.1. The van der Waals surface area contributed by atoms with Crippen molar-refractivity contribution in [3.05, 3.63) is 70.7 Å². The van der Waals surface area contributed by atoms with Crippen molar-refractivity contribution in [3.8, 4) is 0 Å². The lowest BCUT2D eigenvalue weighted by Crippen LogP contribution is -2.43. The van der Waals surface area contributed by atoms with Gasteiger partial charge in [-0.2, -0.15) is 0 Å². The number of sulfone groups is 1. The number of fused-ring (bicyclic) bond motifs is 1. The largest absolute Gasteiger partial charge is 0.420 e. The molecule has 4 rings (SSSR count). The van der Waals surface area contributed by atoms with Gasteiger partial charge in [-0.05, 0) is 24.1 Å². The first-order valence-electron chi connectivity index (χ1n) is 9.05. The normalized spacial score (nSPS) is 18.4. The molecule has 1 aromatic heterocycles. The summed E-state index contributed by atoms with van der Waals surface area (Å²) in [5.41, 5.74) is 1.86. The predicted octanol–water partition coefficient (Wildman–Crippen LogP) is 1.81. The molecule has 1 atom stereocenters. The quantitative estimate of drug-likeness (QED) is 0.652. The van der Waals surface area contributed by atoms with Gasteiger partial charge in [-0.3, -0.25) is 9.36 Å². The van der Waals surface area contributed by atoms with Crippen LogP contribution in [0.1, 0.15) is 12.0 Å². The lowest BCUT2D eigenvalue weighted by Gasteiger charge is -2.28. The van der Waals surface area contributed by atoms with Crippen LogP contribution < -0.4 is 5.76 Å². The predicted molar refractivity (Wildman–Crippen MR) is 105 cm³/mol. The maximum atomic E-state index is 13.1. The minimum Gasteiger partial charge on any atom is -0.408 e. The summed E-state index contributed by atoms with van der Waals surface area (Å²) >= 11 is 0. The molecule has 1 amide bonds. The van der Waals surface area contributed by atoms with E-state index in [0.29, 0.717) is 24.1 Å². The van der Waals surface area contributed by atoms with Gasteiger partial charge in [-0.15, -0.1) is 0 Å². The number of oxazole rings is 1. The Morgan fingerprint density at radius 2 is 1.82 bits per heavy atom. The van der Waals surface area contributed by atoms with E-state index in [0.717, 1.165) is 5.56 Å². The second-order valence-electron chi connectivity index (χ2n) is 6.99. The third-order valence-electron chi connectivity index (χ3n) is 5.03. The van der Waals surface area contributed by atoms with E-state index >= 15 is 0 Å². The fourth-order valence-corrected chi connectivity index (χ4v) is 5.34. The zero-order valence-corrected chi connectivity index (χ0v) is 16.0. The van der Waals surface area contributed by atoms with Gasteiger partial charge in [0.15, 0.2) is 15.4 Å². The molecule has 0 saturated carbocycles. The van der Waals surface area contributed by atoms with E-state index in [1.165, 1.54) is 4.57 Å². The molecular formula is C20H20N2O5S. The van der Waals surface area contributed by atoms with Crippen molar-refractivity contribution in [1.29, 1.82) is 0 Å². The van der Waals surface area contributed by atoms with Crippen molar-refractivity contribution in [3.63, 3.8) is 0 Å². The van der Waals surface area contributed by atoms with Crippen LogP contribution in [0.15, 0.2) is 63.8 Å². The van der Waals surface area contributed by atoms with Crippen molar-refractivity contribution < 1.29 is 17.6 Å². The number of hydrogen-bond donors (Lipinski definition) is 0. The van der Waals surface area contributed by atoms with E-state index in [-0.39, 0.29) is 24.0 Å². The molecule has 0 bridgehead atoms. The highest BCUT2D eigenvalue weighted by molar-refractivity contribution is 7.91. The Hall–Kier alpha value is -2.87. The molecule has 28 heavy (non-hydrogen) atoms. The Kier molecular flexibility index (Phi) is 4.80. The third kappa shape index (κ3) is 3.73. The Balaban J connectivity index is 1.64. The molecule has 2 aromatic carbocycles. The zero-order valence-electron chi connectivity index (χ0n) is 15.2. The highest BCUT2D eigenvalue weighted by Crippen LogP contribution is 2.21. The van der Waals surface area contributed by atoms with Crippen LogP contribution >= 0.6 is 0 Å². The summed E-state index contributed by atoms with van der Waals surface area (Å²) in [5, 5.41) is 0. The minimum absolute atomic E-state index is 0.0490. The first kappa shape index (κ1) is 18.5. The summed E-state index contributed by atoms with van der Waals surface area (Å²) in [6.07, 6.45) is 0.405. The second kappa shape index (κ2) is 7.27. The molecule has 146 valence electrons. The molecule has 3 aromatic rings. The lowest BCUT2D eigenvalue weighted by molar-refractivity contribution is -0.134. The third-order valence-corrected chi connectivity index (χ3v) is 6.78. The van der Waals surface area contributed by atoms with E-state index in [1.54, 1.807) is 29.2 Å². The molecule has 2 heterocycles. The number of benzene rings is 2. The molecule has 1 aliphatic heterocycles. The molecule has 0 unspecified atom stereocenters.